The van der Waals surface area contributed by atoms with Gasteiger partial charge in [-0.3, -0.25) is 4.79 Å². The minimum atomic E-state index is 0.0827. The molecule has 0 N–H and O–H groups in total. The lowest BCUT2D eigenvalue weighted by atomic mass is 10.1. The smallest absolute Gasteiger partial charge is 0.254 e. The van der Waals surface area contributed by atoms with Gasteiger partial charge in [0.1, 0.15) is 5.82 Å². The minimum absolute atomic E-state index is 0.0827. The molecule has 23 heavy (non-hydrogen) atoms. The number of hydrogen-bond acceptors (Lipinski definition) is 3. The highest BCUT2D eigenvalue weighted by molar-refractivity contribution is 5.94. The maximum Gasteiger partial charge on any atom is 0.254 e. The number of carbonyl (C=O) groups is 1. The minimum Gasteiger partial charge on any atom is -0.329 e. The topological polar surface area (TPSA) is 51.0 Å². The van der Waals surface area contributed by atoms with E-state index in [1.54, 1.807) is 0 Å². The van der Waals surface area contributed by atoms with E-state index in [4.69, 9.17) is 0 Å². The van der Waals surface area contributed by atoms with Crippen molar-refractivity contribution in [2.45, 2.75) is 52.6 Å². The SMILES string of the molecule is CCCCc1ccc(C(=O)N2CCn3c(CC)nnc3C2)cc1. The Morgan fingerprint density at radius 3 is 2.61 bits per heavy atom. The maximum absolute atomic E-state index is 12.7. The number of hydrogen-bond donors (Lipinski definition) is 0. The van der Waals surface area contributed by atoms with Crippen molar-refractivity contribution in [3.05, 3.63) is 47.0 Å². The van der Waals surface area contributed by atoms with Gasteiger partial charge in [-0.2, -0.15) is 0 Å². The molecular formula is C18H24N4O. The summed E-state index contributed by atoms with van der Waals surface area (Å²) in [4.78, 5) is 14.5. The van der Waals surface area contributed by atoms with Gasteiger partial charge in [-0.1, -0.05) is 32.4 Å². The summed E-state index contributed by atoms with van der Waals surface area (Å²) in [5.41, 5.74) is 2.06. The summed E-state index contributed by atoms with van der Waals surface area (Å²) in [5, 5.41) is 8.42. The first-order valence-electron chi connectivity index (χ1n) is 8.52. The lowest BCUT2D eigenvalue weighted by Crippen LogP contribution is -2.38. The van der Waals surface area contributed by atoms with Crippen LogP contribution >= 0.6 is 0 Å². The van der Waals surface area contributed by atoms with Gasteiger partial charge in [0.2, 0.25) is 0 Å². The van der Waals surface area contributed by atoms with Crippen molar-refractivity contribution in [2.75, 3.05) is 6.54 Å². The molecule has 1 aliphatic heterocycles. The Balaban J connectivity index is 1.69. The molecule has 0 unspecified atom stereocenters. The summed E-state index contributed by atoms with van der Waals surface area (Å²) in [6.07, 6.45) is 4.33. The van der Waals surface area contributed by atoms with Crippen molar-refractivity contribution in [1.82, 2.24) is 19.7 Å². The Labute approximate surface area is 137 Å². The second kappa shape index (κ2) is 6.94. The van der Waals surface area contributed by atoms with Gasteiger partial charge in [-0.15, -0.1) is 10.2 Å². The van der Waals surface area contributed by atoms with E-state index in [1.165, 1.54) is 18.4 Å². The number of benzene rings is 1. The predicted octanol–water partition coefficient (Wildman–Crippen LogP) is 2.84. The maximum atomic E-state index is 12.7. The molecule has 122 valence electrons. The summed E-state index contributed by atoms with van der Waals surface area (Å²) >= 11 is 0. The third-order valence-electron chi connectivity index (χ3n) is 4.45. The van der Waals surface area contributed by atoms with Gasteiger partial charge >= 0.3 is 0 Å². The van der Waals surface area contributed by atoms with E-state index in [1.807, 2.05) is 17.0 Å². The second-order valence-electron chi connectivity index (χ2n) is 6.06. The zero-order valence-corrected chi connectivity index (χ0v) is 14.0. The van der Waals surface area contributed by atoms with Crippen LogP contribution in [0, 0.1) is 0 Å². The van der Waals surface area contributed by atoms with E-state index in [-0.39, 0.29) is 5.91 Å². The zero-order valence-electron chi connectivity index (χ0n) is 14.0. The molecule has 0 aliphatic carbocycles. The van der Waals surface area contributed by atoms with E-state index in [2.05, 4.69) is 40.7 Å². The number of aromatic nitrogens is 3. The van der Waals surface area contributed by atoms with Gasteiger partial charge in [-0.25, -0.2) is 0 Å². The predicted molar refractivity (Wildman–Crippen MR) is 89.2 cm³/mol. The Kier molecular flexibility index (Phi) is 4.74. The number of carbonyl (C=O) groups excluding carboxylic acids is 1. The molecule has 0 atom stereocenters. The largest absolute Gasteiger partial charge is 0.329 e. The van der Waals surface area contributed by atoms with Crippen molar-refractivity contribution < 1.29 is 4.79 Å². The van der Waals surface area contributed by atoms with Gasteiger partial charge in [0.25, 0.3) is 5.91 Å². The fourth-order valence-electron chi connectivity index (χ4n) is 3.03. The normalized spacial score (nSPS) is 13.9. The van der Waals surface area contributed by atoms with Gasteiger partial charge in [-0.05, 0) is 30.5 Å². The van der Waals surface area contributed by atoms with Crippen LogP contribution in [0.2, 0.25) is 0 Å². The highest BCUT2D eigenvalue weighted by Crippen LogP contribution is 2.16. The summed E-state index contributed by atoms with van der Waals surface area (Å²) < 4.78 is 2.14. The third kappa shape index (κ3) is 3.28. The van der Waals surface area contributed by atoms with Crippen LogP contribution in [-0.4, -0.2) is 32.1 Å². The van der Waals surface area contributed by atoms with Crippen molar-refractivity contribution in [2.24, 2.45) is 0 Å². The second-order valence-corrected chi connectivity index (χ2v) is 6.06. The van der Waals surface area contributed by atoms with Crippen LogP contribution in [0.4, 0.5) is 0 Å². The molecular weight excluding hydrogens is 288 g/mol. The molecule has 1 amide bonds. The summed E-state index contributed by atoms with van der Waals surface area (Å²) in [5.74, 6) is 1.98. The number of rotatable bonds is 5. The quantitative estimate of drug-likeness (QED) is 0.853. The molecule has 2 heterocycles. The number of unbranched alkanes of at least 4 members (excludes halogenated alkanes) is 1. The lowest BCUT2D eigenvalue weighted by Gasteiger charge is -2.28. The van der Waals surface area contributed by atoms with Crippen molar-refractivity contribution in [3.63, 3.8) is 0 Å². The van der Waals surface area contributed by atoms with Crippen LogP contribution in [0.15, 0.2) is 24.3 Å². The summed E-state index contributed by atoms with van der Waals surface area (Å²) in [6.45, 7) is 6.32. The first-order valence-corrected chi connectivity index (χ1v) is 8.52. The van der Waals surface area contributed by atoms with Gasteiger partial charge in [0.15, 0.2) is 5.82 Å². The van der Waals surface area contributed by atoms with Gasteiger partial charge in [0.05, 0.1) is 6.54 Å². The molecule has 1 aromatic heterocycles. The molecule has 5 heteroatoms. The van der Waals surface area contributed by atoms with E-state index in [0.717, 1.165) is 36.6 Å². The molecule has 1 aliphatic rings. The summed E-state index contributed by atoms with van der Waals surface area (Å²) in [7, 11) is 0. The Morgan fingerprint density at radius 1 is 1.13 bits per heavy atom. The zero-order chi connectivity index (χ0) is 16.2. The van der Waals surface area contributed by atoms with E-state index < -0.39 is 0 Å². The highest BCUT2D eigenvalue weighted by atomic mass is 16.2. The Morgan fingerprint density at radius 2 is 1.91 bits per heavy atom. The molecule has 1 aromatic carbocycles. The standard InChI is InChI=1S/C18H24N4O/c1-3-5-6-14-7-9-15(10-8-14)18(23)21-11-12-22-16(4-2)19-20-17(22)13-21/h7-10H,3-6,11-13H2,1-2H3. The Hall–Kier alpha value is -2.17. The molecule has 0 saturated carbocycles. The van der Waals surface area contributed by atoms with Crippen LogP contribution in [0.3, 0.4) is 0 Å². The molecule has 2 aromatic rings. The molecule has 0 fully saturated rings. The third-order valence-corrected chi connectivity index (χ3v) is 4.45. The summed E-state index contributed by atoms with van der Waals surface area (Å²) in [6, 6.07) is 8.04. The van der Waals surface area contributed by atoms with Gasteiger partial charge in [0, 0.05) is 25.1 Å². The molecule has 0 saturated heterocycles. The fraction of sp³-hybridized carbons (Fsp3) is 0.500. The molecule has 5 nitrogen and oxygen atoms in total. The number of fused-ring (bicyclic) bond motifs is 1. The molecule has 0 spiro atoms. The number of amides is 1. The van der Waals surface area contributed by atoms with Crippen LogP contribution in [0.5, 0.6) is 0 Å². The average molecular weight is 312 g/mol. The van der Waals surface area contributed by atoms with E-state index in [9.17, 15) is 4.79 Å². The monoisotopic (exact) mass is 312 g/mol. The van der Waals surface area contributed by atoms with Crippen molar-refractivity contribution in [3.8, 4) is 0 Å². The first kappa shape index (κ1) is 15.7. The van der Waals surface area contributed by atoms with Crippen LogP contribution in [0.25, 0.3) is 0 Å². The molecule has 0 radical (unpaired) electrons. The fourth-order valence-corrected chi connectivity index (χ4v) is 3.03. The average Bonchev–Trinajstić information content (AvgIpc) is 3.02. The number of nitrogens with zero attached hydrogens (tertiary/aromatic N) is 4. The highest BCUT2D eigenvalue weighted by Gasteiger charge is 2.24. The van der Waals surface area contributed by atoms with E-state index in [0.29, 0.717) is 13.1 Å². The van der Waals surface area contributed by atoms with E-state index >= 15 is 0 Å². The first-order chi connectivity index (χ1) is 11.2. The van der Waals surface area contributed by atoms with Crippen molar-refractivity contribution in [1.29, 1.82) is 0 Å². The number of aryl methyl sites for hydroxylation is 2. The Bertz CT molecular complexity index is 675. The van der Waals surface area contributed by atoms with Gasteiger partial charge < -0.3 is 9.47 Å². The van der Waals surface area contributed by atoms with Crippen LogP contribution < -0.4 is 0 Å². The molecule has 0 bridgehead atoms. The van der Waals surface area contributed by atoms with Crippen LogP contribution in [-0.2, 0) is 25.9 Å². The molecule has 3 rings (SSSR count). The van der Waals surface area contributed by atoms with Crippen molar-refractivity contribution >= 4 is 5.91 Å². The lowest BCUT2D eigenvalue weighted by molar-refractivity contribution is 0.0706. The van der Waals surface area contributed by atoms with Crippen LogP contribution in [0.1, 0.15) is 54.3 Å².